The molecule has 0 aliphatic rings. The van der Waals surface area contributed by atoms with Gasteiger partial charge in [0.25, 0.3) is 0 Å². The van der Waals surface area contributed by atoms with Crippen LogP contribution in [0.25, 0.3) is 0 Å². The van der Waals surface area contributed by atoms with Gasteiger partial charge in [-0.05, 0) is 6.42 Å². The SMILES string of the molecule is C=CCCOCCN=C(N(C)C)N(C)C. The van der Waals surface area contributed by atoms with Crippen LogP contribution >= 0.6 is 0 Å². The van der Waals surface area contributed by atoms with Crippen molar-refractivity contribution in [2.24, 2.45) is 4.99 Å². The molecule has 0 aliphatic carbocycles. The lowest BCUT2D eigenvalue weighted by molar-refractivity contribution is 0.146. The highest BCUT2D eigenvalue weighted by molar-refractivity contribution is 5.79. The lowest BCUT2D eigenvalue weighted by Crippen LogP contribution is -2.35. The Morgan fingerprint density at radius 3 is 2.27 bits per heavy atom. The third-order valence-corrected chi connectivity index (χ3v) is 1.76. The quantitative estimate of drug-likeness (QED) is 0.286. The Morgan fingerprint density at radius 1 is 1.20 bits per heavy atom. The molecule has 0 rings (SSSR count). The molecule has 4 nitrogen and oxygen atoms in total. The first-order chi connectivity index (χ1) is 7.09. The van der Waals surface area contributed by atoms with E-state index in [1.54, 1.807) is 0 Å². The predicted octanol–water partition coefficient (Wildman–Crippen LogP) is 1.06. The van der Waals surface area contributed by atoms with Gasteiger partial charge in [-0.15, -0.1) is 6.58 Å². The third-order valence-electron chi connectivity index (χ3n) is 1.76. The Balaban J connectivity index is 3.76. The van der Waals surface area contributed by atoms with E-state index < -0.39 is 0 Å². The minimum absolute atomic E-state index is 0.666. The highest BCUT2D eigenvalue weighted by atomic mass is 16.5. The molecule has 0 saturated heterocycles. The van der Waals surface area contributed by atoms with Gasteiger partial charge in [-0.2, -0.15) is 0 Å². The van der Waals surface area contributed by atoms with Crippen molar-refractivity contribution in [2.45, 2.75) is 6.42 Å². The van der Waals surface area contributed by atoms with E-state index in [0.29, 0.717) is 13.2 Å². The lowest BCUT2D eigenvalue weighted by Gasteiger charge is -2.22. The van der Waals surface area contributed by atoms with Gasteiger partial charge in [0.2, 0.25) is 0 Å². The first kappa shape index (κ1) is 14.0. The molecule has 0 aromatic rings. The van der Waals surface area contributed by atoms with Gasteiger partial charge in [0.1, 0.15) is 0 Å². The average Bonchev–Trinajstić information content (AvgIpc) is 2.15. The first-order valence-electron chi connectivity index (χ1n) is 5.17. The topological polar surface area (TPSA) is 28.1 Å². The Hall–Kier alpha value is -1.03. The van der Waals surface area contributed by atoms with E-state index in [1.807, 2.05) is 44.1 Å². The molecule has 0 spiro atoms. The largest absolute Gasteiger partial charge is 0.379 e. The van der Waals surface area contributed by atoms with E-state index in [9.17, 15) is 0 Å². The maximum Gasteiger partial charge on any atom is 0.195 e. The first-order valence-corrected chi connectivity index (χ1v) is 5.17. The second-order valence-electron chi connectivity index (χ2n) is 3.66. The third kappa shape index (κ3) is 6.96. The van der Waals surface area contributed by atoms with E-state index in [0.717, 1.165) is 19.0 Å². The Morgan fingerprint density at radius 2 is 1.80 bits per heavy atom. The monoisotopic (exact) mass is 213 g/mol. The van der Waals surface area contributed by atoms with Gasteiger partial charge in [-0.25, -0.2) is 0 Å². The zero-order valence-electron chi connectivity index (χ0n) is 10.4. The van der Waals surface area contributed by atoms with Crippen LogP contribution in [-0.4, -0.2) is 63.7 Å². The maximum atomic E-state index is 5.37. The number of rotatable bonds is 6. The predicted molar refractivity (Wildman–Crippen MR) is 65.3 cm³/mol. The number of aliphatic imine (C=N–C) groups is 1. The van der Waals surface area contributed by atoms with Crippen LogP contribution in [-0.2, 0) is 4.74 Å². The molecule has 0 fully saturated rings. The van der Waals surface area contributed by atoms with E-state index in [1.165, 1.54) is 0 Å². The summed E-state index contributed by atoms with van der Waals surface area (Å²) in [6.07, 6.45) is 2.76. The molecule has 0 atom stereocenters. The van der Waals surface area contributed by atoms with Crippen LogP contribution < -0.4 is 0 Å². The van der Waals surface area contributed by atoms with Crippen LogP contribution in [0.15, 0.2) is 17.6 Å². The molecule has 0 bridgehead atoms. The van der Waals surface area contributed by atoms with Crippen LogP contribution in [0.1, 0.15) is 6.42 Å². The molecule has 0 aliphatic heterocycles. The minimum atomic E-state index is 0.666. The second-order valence-corrected chi connectivity index (χ2v) is 3.66. The summed E-state index contributed by atoms with van der Waals surface area (Å²) in [4.78, 5) is 8.42. The van der Waals surface area contributed by atoms with Crippen molar-refractivity contribution in [2.75, 3.05) is 47.9 Å². The highest BCUT2D eigenvalue weighted by Crippen LogP contribution is 1.90. The number of hydrogen-bond acceptors (Lipinski definition) is 2. The summed E-state index contributed by atoms with van der Waals surface area (Å²) in [7, 11) is 7.93. The smallest absolute Gasteiger partial charge is 0.195 e. The van der Waals surface area contributed by atoms with Crippen LogP contribution in [0.4, 0.5) is 0 Å². The molecule has 0 heterocycles. The van der Waals surface area contributed by atoms with Gasteiger partial charge >= 0.3 is 0 Å². The van der Waals surface area contributed by atoms with E-state index in [2.05, 4.69) is 11.6 Å². The van der Waals surface area contributed by atoms with Crippen molar-refractivity contribution in [3.63, 3.8) is 0 Å². The molecule has 0 amide bonds. The van der Waals surface area contributed by atoms with Gasteiger partial charge < -0.3 is 14.5 Å². The second kappa shape index (κ2) is 8.29. The van der Waals surface area contributed by atoms with E-state index in [4.69, 9.17) is 4.74 Å². The van der Waals surface area contributed by atoms with Crippen molar-refractivity contribution < 1.29 is 4.74 Å². The van der Waals surface area contributed by atoms with Gasteiger partial charge in [-0.1, -0.05) is 6.08 Å². The minimum Gasteiger partial charge on any atom is -0.379 e. The molecule has 0 saturated carbocycles. The van der Waals surface area contributed by atoms with Crippen LogP contribution in [0.5, 0.6) is 0 Å². The molecule has 0 unspecified atom stereocenters. The Bertz CT molecular complexity index is 190. The highest BCUT2D eigenvalue weighted by Gasteiger charge is 2.02. The van der Waals surface area contributed by atoms with Gasteiger partial charge in [-0.3, -0.25) is 4.99 Å². The zero-order chi connectivity index (χ0) is 11.7. The van der Waals surface area contributed by atoms with Crippen molar-refractivity contribution in [1.29, 1.82) is 0 Å². The Labute approximate surface area is 93.2 Å². The molecule has 0 radical (unpaired) electrons. The van der Waals surface area contributed by atoms with Crippen molar-refractivity contribution >= 4 is 5.96 Å². The summed E-state index contributed by atoms with van der Waals surface area (Å²) in [5.74, 6) is 0.960. The van der Waals surface area contributed by atoms with E-state index >= 15 is 0 Å². The molecule has 0 aromatic carbocycles. The van der Waals surface area contributed by atoms with Crippen molar-refractivity contribution in [3.05, 3.63) is 12.7 Å². The number of guanidine groups is 1. The Kier molecular flexibility index (Phi) is 7.72. The van der Waals surface area contributed by atoms with Crippen molar-refractivity contribution in [1.82, 2.24) is 9.80 Å². The normalized spacial score (nSPS) is 9.60. The summed E-state index contributed by atoms with van der Waals surface area (Å²) in [6.45, 7) is 5.73. The van der Waals surface area contributed by atoms with Gasteiger partial charge in [0, 0.05) is 28.2 Å². The summed E-state index contributed by atoms with van der Waals surface area (Å²) in [5.41, 5.74) is 0. The molecule has 88 valence electrons. The summed E-state index contributed by atoms with van der Waals surface area (Å²) < 4.78 is 5.37. The molecule has 0 aromatic heterocycles. The summed E-state index contributed by atoms with van der Waals surface area (Å²) in [5, 5.41) is 0. The number of hydrogen-bond donors (Lipinski definition) is 0. The standard InChI is InChI=1S/C11H23N3O/c1-6-7-9-15-10-8-12-11(13(2)3)14(4)5/h6H,1,7-10H2,2-5H3. The molecular weight excluding hydrogens is 190 g/mol. The number of ether oxygens (including phenoxy) is 1. The average molecular weight is 213 g/mol. The molecule has 15 heavy (non-hydrogen) atoms. The molecule has 4 heteroatoms. The van der Waals surface area contributed by atoms with Gasteiger partial charge in [0.15, 0.2) is 5.96 Å². The fourth-order valence-electron chi connectivity index (χ4n) is 1.16. The van der Waals surface area contributed by atoms with Crippen molar-refractivity contribution in [3.8, 4) is 0 Å². The lowest BCUT2D eigenvalue weighted by atomic mass is 10.5. The molecule has 0 N–H and O–H groups in total. The van der Waals surface area contributed by atoms with Crippen LogP contribution in [0.3, 0.4) is 0 Å². The zero-order valence-corrected chi connectivity index (χ0v) is 10.4. The summed E-state index contributed by atoms with van der Waals surface area (Å²) >= 11 is 0. The molecular formula is C11H23N3O. The summed E-state index contributed by atoms with van der Waals surface area (Å²) in [6, 6.07) is 0. The van der Waals surface area contributed by atoms with E-state index in [-0.39, 0.29) is 0 Å². The van der Waals surface area contributed by atoms with Crippen LogP contribution in [0, 0.1) is 0 Å². The fraction of sp³-hybridized carbons (Fsp3) is 0.727. The maximum absolute atomic E-state index is 5.37. The fourth-order valence-corrected chi connectivity index (χ4v) is 1.16. The number of nitrogens with zero attached hydrogens (tertiary/aromatic N) is 3. The van der Waals surface area contributed by atoms with Gasteiger partial charge in [0.05, 0.1) is 19.8 Å². The van der Waals surface area contributed by atoms with Crippen LogP contribution in [0.2, 0.25) is 0 Å².